The summed E-state index contributed by atoms with van der Waals surface area (Å²) in [6.45, 7) is 1.55. The molecule has 0 radical (unpaired) electrons. The molecule has 0 aliphatic heterocycles. The van der Waals surface area contributed by atoms with Gasteiger partial charge in [0.05, 0.1) is 6.33 Å². The Kier molecular flexibility index (Phi) is 4.99. The molecule has 1 aromatic rings. The van der Waals surface area contributed by atoms with Crippen molar-refractivity contribution in [3.63, 3.8) is 0 Å². The molecule has 0 aromatic carbocycles. The first-order valence-electron chi connectivity index (χ1n) is 6.44. The van der Waals surface area contributed by atoms with Gasteiger partial charge in [0.25, 0.3) is 5.56 Å². The third-order valence-electron chi connectivity index (χ3n) is 3.42. The minimum absolute atomic E-state index is 0.0589. The Bertz CT molecular complexity index is 442. The number of hydrogen-bond donors (Lipinski definition) is 2. The minimum Gasteiger partial charge on any atom is -0.352 e. The first-order valence-corrected chi connectivity index (χ1v) is 7.52. The van der Waals surface area contributed by atoms with Gasteiger partial charge in [0.2, 0.25) is 0 Å². The van der Waals surface area contributed by atoms with Crippen molar-refractivity contribution >= 4 is 28.4 Å². The Morgan fingerprint density at radius 2 is 2.22 bits per heavy atom. The summed E-state index contributed by atoms with van der Waals surface area (Å²) in [6.07, 6.45) is 7.34. The monoisotopic (exact) mass is 362 g/mol. The highest BCUT2D eigenvalue weighted by molar-refractivity contribution is 14.1. The fourth-order valence-corrected chi connectivity index (χ4v) is 3.12. The number of nitrogens with two attached hydrogens (primary N) is 1. The van der Waals surface area contributed by atoms with Crippen LogP contribution >= 0.6 is 22.6 Å². The third-order valence-corrected chi connectivity index (χ3v) is 4.39. The van der Waals surface area contributed by atoms with Gasteiger partial charge in [0, 0.05) is 12.6 Å². The molecule has 1 aromatic heterocycles. The molecule has 6 heteroatoms. The van der Waals surface area contributed by atoms with E-state index in [9.17, 15) is 4.79 Å². The number of nitrogens with one attached hydrogen (secondary N) is 1. The second-order valence-electron chi connectivity index (χ2n) is 4.64. The van der Waals surface area contributed by atoms with Gasteiger partial charge in [-0.25, -0.2) is 4.98 Å². The quantitative estimate of drug-likeness (QED) is 0.778. The SMILES string of the molecule is NCCCN(c1nc[nH]c(=O)c1I)C1CCCC1. The molecule has 0 amide bonds. The van der Waals surface area contributed by atoms with Crippen LogP contribution in [0, 0.1) is 3.57 Å². The van der Waals surface area contributed by atoms with E-state index in [0.29, 0.717) is 16.2 Å². The van der Waals surface area contributed by atoms with Crippen molar-refractivity contribution in [1.29, 1.82) is 0 Å². The van der Waals surface area contributed by atoms with E-state index >= 15 is 0 Å². The minimum atomic E-state index is -0.0589. The van der Waals surface area contributed by atoms with E-state index in [1.54, 1.807) is 0 Å². The predicted octanol–water partition coefficient (Wildman–Crippen LogP) is 1.47. The predicted molar refractivity (Wildman–Crippen MR) is 80.8 cm³/mol. The average Bonchev–Trinajstić information content (AvgIpc) is 2.88. The Hall–Kier alpha value is -0.630. The summed E-state index contributed by atoms with van der Waals surface area (Å²) < 4.78 is 0.680. The molecule has 1 aliphatic rings. The molecule has 5 nitrogen and oxygen atoms in total. The average molecular weight is 362 g/mol. The molecule has 1 saturated carbocycles. The molecule has 0 atom stereocenters. The van der Waals surface area contributed by atoms with Crippen LogP contribution in [0.3, 0.4) is 0 Å². The molecule has 0 unspecified atom stereocenters. The van der Waals surface area contributed by atoms with E-state index in [1.165, 1.54) is 32.0 Å². The van der Waals surface area contributed by atoms with Gasteiger partial charge in [0.15, 0.2) is 0 Å². The summed E-state index contributed by atoms with van der Waals surface area (Å²) in [6, 6.07) is 0.513. The fraction of sp³-hybridized carbons (Fsp3) is 0.667. The number of halogens is 1. The first kappa shape index (κ1) is 13.8. The van der Waals surface area contributed by atoms with Crippen LogP contribution in [0.5, 0.6) is 0 Å². The summed E-state index contributed by atoms with van der Waals surface area (Å²) in [5.41, 5.74) is 5.55. The molecule has 100 valence electrons. The lowest BCUT2D eigenvalue weighted by atomic mass is 10.2. The number of aromatic amines is 1. The zero-order chi connectivity index (χ0) is 13.0. The maximum Gasteiger partial charge on any atom is 0.266 e. The van der Waals surface area contributed by atoms with Gasteiger partial charge in [-0.05, 0) is 48.4 Å². The number of H-pyrrole nitrogens is 1. The summed E-state index contributed by atoms with van der Waals surface area (Å²) in [5, 5.41) is 0. The van der Waals surface area contributed by atoms with Crippen molar-refractivity contribution in [2.45, 2.75) is 38.1 Å². The van der Waals surface area contributed by atoms with E-state index in [0.717, 1.165) is 18.8 Å². The van der Waals surface area contributed by atoms with Crippen LogP contribution in [-0.2, 0) is 0 Å². The molecular weight excluding hydrogens is 343 g/mol. The maximum absolute atomic E-state index is 11.7. The van der Waals surface area contributed by atoms with E-state index in [-0.39, 0.29) is 5.56 Å². The van der Waals surface area contributed by atoms with Crippen LogP contribution < -0.4 is 16.2 Å². The molecule has 0 saturated heterocycles. The zero-order valence-corrected chi connectivity index (χ0v) is 12.5. The molecule has 1 aliphatic carbocycles. The lowest BCUT2D eigenvalue weighted by Gasteiger charge is -2.30. The molecule has 1 heterocycles. The number of nitrogens with zero attached hydrogens (tertiary/aromatic N) is 2. The lowest BCUT2D eigenvalue weighted by Crippen LogP contribution is -2.37. The topological polar surface area (TPSA) is 75.0 Å². The fourth-order valence-electron chi connectivity index (χ4n) is 2.51. The number of anilines is 1. The Labute approximate surface area is 120 Å². The normalized spacial score (nSPS) is 16.1. The first-order chi connectivity index (χ1) is 8.74. The largest absolute Gasteiger partial charge is 0.352 e. The molecule has 0 spiro atoms. The van der Waals surface area contributed by atoms with Crippen molar-refractivity contribution in [2.75, 3.05) is 18.0 Å². The highest BCUT2D eigenvalue weighted by atomic mass is 127. The van der Waals surface area contributed by atoms with Gasteiger partial charge in [-0.1, -0.05) is 12.8 Å². The van der Waals surface area contributed by atoms with Gasteiger partial charge in [-0.2, -0.15) is 0 Å². The smallest absolute Gasteiger partial charge is 0.266 e. The highest BCUT2D eigenvalue weighted by Crippen LogP contribution is 2.28. The van der Waals surface area contributed by atoms with Crippen molar-refractivity contribution < 1.29 is 0 Å². The Balaban J connectivity index is 2.26. The van der Waals surface area contributed by atoms with Crippen LogP contribution in [0.1, 0.15) is 32.1 Å². The van der Waals surface area contributed by atoms with E-state index in [4.69, 9.17) is 5.73 Å². The van der Waals surface area contributed by atoms with E-state index in [2.05, 4.69) is 37.5 Å². The van der Waals surface area contributed by atoms with Gasteiger partial charge in [-0.15, -0.1) is 0 Å². The Morgan fingerprint density at radius 1 is 1.50 bits per heavy atom. The standard InChI is InChI=1S/C12H19IN4O/c13-10-11(15-8-16-12(10)18)17(7-3-6-14)9-4-1-2-5-9/h8-9H,1-7,14H2,(H,15,16,18). The zero-order valence-electron chi connectivity index (χ0n) is 10.4. The van der Waals surface area contributed by atoms with E-state index in [1.807, 2.05) is 0 Å². The molecule has 1 fully saturated rings. The van der Waals surface area contributed by atoms with Crippen LogP contribution in [-0.4, -0.2) is 29.1 Å². The number of hydrogen-bond acceptors (Lipinski definition) is 4. The van der Waals surface area contributed by atoms with Gasteiger partial charge >= 0.3 is 0 Å². The van der Waals surface area contributed by atoms with Crippen LogP contribution in [0.25, 0.3) is 0 Å². The summed E-state index contributed by atoms with van der Waals surface area (Å²) >= 11 is 2.08. The van der Waals surface area contributed by atoms with Crippen LogP contribution in [0.15, 0.2) is 11.1 Å². The van der Waals surface area contributed by atoms with Gasteiger partial charge < -0.3 is 15.6 Å². The Morgan fingerprint density at radius 3 is 2.89 bits per heavy atom. The van der Waals surface area contributed by atoms with E-state index < -0.39 is 0 Å². The van der Waals surface area contributed by atoms with Gasteiger partial charge in [0.1, 0.15) is 9.39 Å². The molecule has 3 N–H and O–H groups in total. The molecule has 0 bridgehead atoms. The van der Waals surface area contributed by atoms with Crippen molar-refractivity contribution in [3.05, 3.63) is 20.3 Å². The lowest BCUT2D eigenvalue weighted by molar-refractivity contribution is 0.584. The highest BCUT2D eigenvalue weighted by Gasteiger charge is 2.25. The van der Waals surface area contributed by atoms with Crippen molar-refractivity contribution in [2.24, 2.45) is 5.73 Å². The summed E-state index contributed by atoms with van der Waals surface area (Å²) in [5.74, 6) is 0.819. The van der Waals surface area contributed by atoms with Crippen LogP contribution in [0.2, 0.25) is 0 Å². The molecule has 18 heavy (non-hydrogen) atoms. The van der Waals surface area contributed by atoms with Gasteiger partial charge in [-0.3, -0.25) is 4.79 Å². The summed E-state index contributed by atoms with van der Waals surface area (Å²) in [7, 11) is 0. The molecular formula is C12H19IN4O. The number of rotatable bonds is 5. The summed E-state index contributed by atoms with van der Waals surface area (Å²) in [4.78, 5) is 20.9. The van der Waals surface area contributed by atoms with Crippen molar-refractivity contribution in [1.82, 2.24) is 9.97 Å². The second kappa shape index (κ2) is 6.51. The molecule has 2 rings (SSSR count). The third kappa shape index (κ3) is 3.03. The maximum atomic E-state index is 11.7. The number of aromatic nitrogens is 2. The van der Waals surface area contributed by atoms with Crippen LogP contribution in [0.4, 0.5) is 5.82 Å². The second-order valence-corrected chi connectivity index (χ2v) is 5.72. The van der Waals surface area contributed by atoms with Crippen molar-refractivity contribution in [3.8, 4) is 0 Å².